The third kappa shape index (κ3) is 40.1. The number of carbonyl (C=O) groups is 1. The molecule has 0 fully saturated rings. The maximum Gasteiger partial charge on any atom is 0.472 e. The summed E-state index contributed by atoms with van der Waals surface area (Å²) in [5.41, 5.74) is 0. The molecule has 0 aliphatic carbocycles. The van der Waals surface area contributed by atoms with Crippen LogP contribution in [0.4, 0.5) is 0 Å². The Bertz CT molecular complexity index is 833. The Morgan fingerprint density at radius 1 is 0.608 bits per heavy atom. The zero-order valence-corrected chi connectivity index (χ0v) is 35.3. The molecule has 0 spiro atoms. The Morgan fingerprint density at radius 3 is 1.45 bits per heavy atom. The SMILES string of the molecule is CCCCCCCCCCCCCC/C=C/OC[C@H](COP(=O)(O)OCC[N+](C)(C)C)OC(=O)CCCCCCCCCCCCCCCCC. The summed E-state index contributed by atoms with van der Waals surface area (Å²) in [6, 6.07) is 0. The molecule has 0 bridgehead atoms. The van der Waals surface area contributed by atoms with Gasteiger partial charge in [0.15, 0.2) is 6.10 Å². The van der Waals surface area contributed by atoms with Crippen LogP contribution in [0.15, 0.2) is 12.3 Å². The zero-order chi connectivity index (χ0) is 37.7. The van der Waals surface area contributed by atoms with Gasteiger partial charge in [-0.3, -0.25) is 13.8 Å². The van der Waals surface area contributed by atoms with E-state index in [0.29, 0.717) is 17.4 Å². The van der Waals surface area contributed by atoms with E-state index in [0.717, 1.165) is 32.1 Å². The third-order valence-electron chi connectivity index (χ3n) is 9.42. The molecule has 0 amide bonds. The second-order valence-electron chi connectivity index (χ2n) is 15.8. The van der Waals surface area contributed by atoms with Crippen molar-refractivity contribution >= 4 is 13.8 Å². The smallest absolute Gasteiger partial charge is 0.472 e. The highest BCUT2D eigenvalue weighted by Crippen LogP contribution is 2.43. The molecule has 0 aromatic carbocycles. The largest absolute Gasteiger partial charge is 0.498 e. The van der Waals surface area contributed by atoms with Crippen LogP contribution in [-0.4, -0.2) is 69.0 Å². The van der Waals surface area contributed by atoms with Crippen LogP contribution in [0.1, 0.15) is 200 Å². The molecule has 0 saturated carbocycles. The molecule has 0 aromatic rings. The molecule has 0 aliphatic heterocycles. The van der Waals surface area contributed by atoms with E-state index in [9.17, 15) is 14.3 Å². The Kier molecular flexibility index (Phi) is 35.4. The minimum Gasteiger partial charge on any atom is -0.498 e. The normalized spacial score (nSPS) is 13.8. The number of carbonyl (C=O) groups excluding carboxylic acids is 1. The first kappa shape index (κ1) is 50.1. The number of unbranched alkanes of at least 4 members (excludes halogenated alkanes) is 26. The summed E-state index contributed by atoms with van der Waals surface area (Å²) in [5, 5.41) is 0. The highest BCUT2D eigenvalue weighted by Gasteiger charge is 2.26. The van der Waals surface area contributed by atoms with E-state index >= 15 is 0 Å². The van der Waals surface area contributed by atoms with Crippen LogP contribution in [0.5, 0.6) is 0 Å². The van der Waals surface area contributed by atoms with Crippen LogP contribution < -0.4 is 0 Å². The zero-order valence-electron chi connectivity index (χ0n) is 34.4. The molecular formula is C42H85NO7P+. The molecule has 8 nitrogen and oxygen atoms in total. The summed E-state index contributed by atoms with van der Waals surface area (Å²) in [6.07, 6.45) is 39.0. The van der Waals surface area contributed by atoms with Gasteiger partial charge < -0.3 is 18.9 Å². The number of likely N-dealkylation sites (N-methyl/N-ethyl adjacent to an activating group) is 1. The summed E-state index contributed by atoms with van der Waals surface area (Å²) in [5.74, 6) is -0.332. The van der Waals surface area contributed by atoms with Crippen LogP contribution in [0, 0.1) is 0 Å². The molecular weight excluding hydrogens is 661 g/mol. The van der Waals surface area contributed by atoms with Gasteiger partial charge in [0.1, 0.15) is 19.8 Å². The lowest BCUT2D eigenvalue weighted by molar-refractivity contribution is -0.870. The van der Waals surface area contributed by atoms with E-state index in [1.54, 1.807) is 6.26 Å². The van der Waals surface area contributed by atoms with Gasteiger partial charge in [0.2, 0.25) is 0 Å². The van der Waals surface area contributed by atoms with Crippen molar-refractivity contribution in [3.63, 3.8) is 0 Å². The number of phosphoric ester groups is 1. The molecule has 9 heteroatoms. The third-order valence-corrected chi connectivity index (χ3v) is 10.4. The van der Waals surface area contributed by atoms with Crippen LogP contribution in [0.2, 0.25) is 0 Å². The maximum absolute atomic E-state index is 12.6. The molecule has 0 saturated heterocycles. The first-order valence-corrected chi connectivity index (χ1v) is 23.0. The number of rotatable bonds is 40. The Labute approximate surface area is 316 Å². The van der Waals surface area contributed by atoms with Gasteiger partial charge in [-0.2, -0.15) is 0 Å². The van der Waals surface area contributed by atoms with Gasteiger partial charge in [-0.05, 0) is 25.3 Å². The fraction of sp³-hybridized carbons (Fsp3) is 0.929. The minimum atomic E-state index is -4.28. The van der Waals surface area contributed by atoms with Crippen molar-refractivity contribution in [3.05, 3.63) is 12.3 Å². The number of allylic oxidation sites excluding steroid dienone is 1. The molecule has 0 aliphatic rings. The Balaban J connectivity index is 4.27. The predicted octanol–water partition coefficient (Wildman–Crippen LogP) is 12.6. The highest BCUT2D eigenvalue weighted by molar-refractivity contribution is 7.47. The topological polar surface area (TPSA) is 91.3 Å². The van der Waals surface area contributed by atoms with Gasteiger partial charge in [0.25, 0.3) is 0 Å². The quantitative estimate of drug-likeness (QED) is 0.0219. The van der Waals surface area contributed by atoms with Crippen LogP contribution in [-0.2, 0) is 27.9 Å². The first-order valence-electron chi connectivity index (χ1n) is 21.5. The number of ether oxygens (including phenoxy) is 2. The lowest BCUT2D eigenvalue weighted by Crippen LogP contribution is -2.37. The summed E-state index contributed by atoms with van der Waals surface area (Å²) < 4.78 is 34.7. The maximum atomic E-state index is 12.6. The van der Waals surface area contributed by atoms with Crippen molar-refractivity contribution in [2.24, 2.45) is 0 Å². The van der Waals surface area contributed by atoms with Crippen molar-refractivity contribution in [2.45, 2.75) is 206 Å². The minimum absolute atomic E-state index is 0.0540. The first-order chi connectivity index (χ1) is 24.6. The monoisotopic (exact) mass is 747 g/mol. The Morgan fingerprint density at radius 2 is 1.02 bits per heavy atom. The van der Waals surface area contributed by atoms with Gasteiger partial charge in [0.05, 0.1) is 34.0 Å². The van der Waals surface area contributed by atoms with Crippen molar-refractivity contribution in [3.8, 4) is 0 Å². The molecule has 0 heterocycles. The van der Waals surface area contributed by atoms with Crippen LogP contribution in [0.25, 0.3) is 0 Å². The molecule has 0 radical (unpaired) electrons. The van der Waals surface area contributed by atoms with Gasteiger partial charge in [0, 0.05) is 6.42 Å². The van der Waals surface area contributed by atoms with E-state index in [-0.39, 0.29) is 25.8 Å². The summed E-state index contributed by atoms with van der Waals surface area (Å²) in [7, 11) is 1.65. The van der Waals surface area contributed by atoms with Crippen LogP contribution in [0.3, 0.4) is 0 Å². The fourth-order valence-corrected chi connectivity index (χ4v) is 6.79. The van der Waals surface area contributed by atoms with Gasteiger partial charge in [-0.15, -0.1) is 0 Å². The summed E-state index contributed by atoms with van der Waals surface area (Å²) in [4.78, 5) is 22.8. The standard InChI is InChI=1S/C42H84NO7P/c1-6-8-10-12-14-16-18-20-22-23-25-27-29-31-33-35-42(44)50-41(40-49-51(45,46)48-38-36-43(3,4)5)39-47-37-34-32-30-28-26-24-21-19-17-15-13-11-9-7-2/h34,37,41H,6-33,35-36,38-40H2,1-5H3/p+1/b37-34+/t41-/m1/s1. The number of hydrogen-bond acceptors (Lipinski definition) is 6. The molecule has 2 atom stereocenters. The number of quaternary nitrogens is 1. The van der Waals surface area contributed by atoms with Crippen molar-refractivity contribution in [1.82, 2.24) is 0 Å². The molecule has 0 aromatic heterocycles. The van der Waals surface area contributed by atoms with Gasteiger partial charge in [-0.1, -0.05) is 174 Å². The van der Waals surface area contributed by atoms with E-state index in [1.165, 1.54) is 148 Å². The fourth-order valence-electron chi connectivity index (χ4n) is 6.05. The van der Waals surface area contributed by atoms with E-state index < -0.39 is 13.9 Å². The number of hydrogen-bond donors (Lipinski definition) is 1. The van der Waals surface area contributed by atoms with E-state index in [4.69, 9.17) is 18.5 Å². The Hall–Kier alpha value is -0.920. The average Bonchev–Trinajstić information content (AvgIpc) is 3.08. The highest BCUT2D eigenvalue weighted by atomic mass is 31.2. The van der Waals surface area contributed by atoms with Crippen LogP contribution >= 0.6 is 7.82 Å². The van der Waals surface area contributed by atoms with Gasteiger partial charge in [-0.25, -0.2) is 4.57 Å². The van der Waals surface area contributed by atoms with Crippen molar-refractivity contribution in [2.75, 3.05) is 47.5 Å². The summed E-state index contributed by atoms with van der Waals surface area (Å²) >= 11 is 0. The number of nitrogens with zero attached hydrogens (tertiary/aromatic N) is 1. The lowest BCUT2D eigenvalue weighted by atomic mass is 10.0. The van der Waals surface area contributed by atoms with Gasteiger partial charge >= 0.3 is 13.8 Å². The molecule has 1 N–H and O–H groups in total. The second kappa shape index (κ2) is 36.1. The summed E-state index contributed by atoms with van der Waals surface area (Å²) in [6.45, 7) is 4.96. The molecule has 304 valence electrons. The molecule has 0 rings (SSSR count). The second-order valence-corrected chi connectivity index (χ2v) is 17.3. The average molecular weight is 747 g/mol. The number of esters is 1. The van der Waals surface area contributed by atoms with Crippen molar-refractivity contribution in [1.29, 1.82) is 0 Å². The van der Waals surface area contributed by atoms with E-state index in [1.807, 2.05) is 27.2 Å². The predicted molar refractivity (Wildman–Crippen MR) is 215 cm³/mol. The number of phosphoric acid groups is 1. The van der Waals surface area contributed by atoms with E-state index in [2.05, 4.69) is 13.8 Å². The molecule has 1 unspecified atom stereocenters. The van der Waals surface area contributed by atoms with Crippen molar-refractivity contribution < 1.29 is 37.3 Å². The lowest BCUT2D eigenvalue weighted by Gasteiger charge is -2.24. The molecule has 51 heavy (non-hydrogen) atoms.